The third-order valence-corrected chi connectivity index (χ3v) is 9.43. The molecule has 11 nitrogen and oxygen atoms in total. The van der Waals surface area contributed by atoms with Crippen molar-refractivity contribution in [3.05, 3.63) is 88.5 Å². The lowest BCUT2D eigenvalue weighted by Gasteiger charge is -2.30. The molecule has 4 aromatic heterocycles. The fourth-order valence-corrected chi connectivity index (χ4v) is 7.20. The highest BCUT2D eigenvalue weighted by Gasteiger charge is 2.49. The summed E-state index contributed by atoms with van der Waals surface area (Å²) in [6.45, 7) is 3.00. The molecule has 2 fully saturated rings. The van der Waals surface area contributed by atoms with Gasteiger partial charge in [0.15, 0.2) is 5.82 Å². The zero-order valence-electron chi connectivity index (χ0n) is 26.3. The number of nitrogens with zero attached hydrogens (tertiary/aromatic N) is 6. The van der Waals surface area contributed by atoms with Gasteiger partial charge in [-0.1, -0.05) is 12.0 Å². The van der Waals surface area contributed by atoms with Gasteiger partial charge in [-0.25, -0.2) is 18.3 Å². The summed E-state index contributed by atoms with van der Waals surface area (Å²) in [6.07, 6.45) is 13.4. The molecule has 2 atom stereocenters. The van der Waals surface area contributed by atoms with Crippen molar-refractivity contribution >= 4 is 33.2 Å². The highest BCUT2D eigenvalue weighted by molar-refractivity contribution is 6.03. The Hall–Kier alpha value is -5.87. The number of phenolic OH excluding ortho intramolecular Hbond substituents is 1. The van der Waals surface area contributed by atoms with E-state index in [2.05, 4.69) is 36.2 Å². The van der Waals surface area contributed by atoms with Crippen LogP contribution in [0.5, 0.6) is 11.8 Å². The molecule has 0 radical (unpaired) electrons. The van der Waals surface area contributed by atoms with Gasteiger partial charge >= 0.3 is 11.6 Å². The Labute approximate surface area is 278 Å². The van der Waals surface area contributed by atoms with Gasteiger partial charge in [-0.15, -0.1) is 6.42 Å². The van der Waals surface area contributed by atoms with Crippen molar-refractivity contribution in [1.29, 1.82) is 0 Å². The molecule has 0 unspecified atom stereocenters. The minimum Gasteiger partial charge on any atom is -0.508 e. The van der Waals surface area contributed by atoms with E-state index < -0.39 is 23.2 Å². The van der Waals surface area contributed by atoms with Crippen molar-refractivity contribution in [3.8, 4) is 41.1 Å². The first kappa shape index (κ1) is 30.5. The van der Waals surface area contributed by atoms with Crippen molar-refractivity contribution in [3.63, 3.8) is 0 Å². The molecule has 2 N–H and O–H groups in total. The molecule has 2 saturated heterocycles. The first-order valence-electron chi connectivity index (χ1n) is 15.7. The number of hydrogen-bond donors (Lipinski definition) is 2. The Kier molecular flexibility index (Phi) is 7.26. The minimum absolute atomic E-state index is 0.0309. The SMILES string of the molecule is C#Cc1c(F)ccc2cc(O)cc(-c3oc(=O)c4c(Nc5cnn(-c6ccncc6)c5)nc(OC[C@@]56CCCN5C[C@H](F)C6)nc4c3C)c12. The molecule has 2 aliphatic rings. The van der Waals surface area contributed by atoms with Crippen molar-refractivity contribution in [2.24, 2.45) is 0 Å². The number of anilines is 2. The quantitative estimate of drug-likeness (QED) is 0.202. The van der Waals surface area contributed by atoms with Crippen LogP contribution >= 0.6 is 0 Å². The van der Waals surface area contributed by atoms with Crippen LogP contribution < -0.4 is 15.7 Å². The molecule has 8 rings (SSSR count). The molecule has 0 aliphatic carbocycles. The second-order valence-corrected chi connectivity index (χ2v) is 12.4. The molecular formula is C36H29F2N7O4. The van der Waals surface area contributed by atoms with Crippen LogP contribution in [0.2, 0.25) is 0 Å². The number of aryl methyl sites for hydroxylation is 1. The number of aromatic nitrogens is 5. The molecule has 6 heterocycles. The van der Waals surface area contributed by atoms with Crippen LogP contribution in [-0.2, 0) is 0 Å². The van der Waals surface area contributed by atoms with Gasteiger partial charge in [-0.3, -0.25) is 9.88 Å². The normalized spacial score (nSPS) is 18.9. The third-order valence-electron chi connectivity index (χ3n) is 9.43. The lowest BCUT2D eigenvalue weighted by atomic mass is 9.95. The van der Waals surface area contributed by atoms with E-state index in [0.717, 1.165) is 25.1 Å². The second kappa shape index (κ2) is 11.7. The predicted molar refractivity (Wildman–Crippen MR) is 178 cm³/mol. The smallest absolute Gasteiger partial charge is 0.349 e. The molecule has 246 valence electrons. The topological polar surface area (TPSA) is 131 Å². The number of nitrogens with one attached hydrogen (secondary N) is 1. The van der Waals surface area contributed by atoms with E-state index in [1.54, 1.807) is 48.5 Å². The predicted octanol–water partition coefficient (Wildman–Crippen LogP) is 5.82. The molecule has 0 saturated carbocycles. The average molecular weight is 662 g/mol. The first-order valence-corrected chi connectivity index (χ1v) is 15.7. The fourth-order valence-electron chi connectivity index (χ4n) is 7.20. The Morgan fingerprint density at radius 3 is 2.86 bits per heavy atom. The first-order chi connectivity index (χ1) is 23.7. The molecule has 13 heteroatoms. The van der Waals surface area contributed by atoms with E-state index in [0.29, 0.717) is 35.0 Å². The molecule has 0 bridgehead atoms. The summed E-state index contributed by atoms with van der Waals surface area (Å²) in [6, 6.07) is 9.08. The van der Waals surface area contributed by atoms with Crippen LogP contribution in [0.15, 0.2) is 70.4 Å². The van der Waals surface area contributed by atoms with Gasteiger partial charge < -0.3 is 19.6 Å². The largest absolute Gasteiger partial charge is 0.508 e. The van der Waals surface area contributed by atoms with E-state index in [4.69, 9.17) is 15.6 Å². The van der Waals surface area contributed by atoms with Crippen LogP contribution in [0.3, 0.4) is 0 Å². The van der Waals surface area contributed by atoms with Gasteiger partial charge in [0.25, 0.3) is 0 Å². The molecule has 2 aliphatic heterocycles. The highest BCUT2D eigenvalue weighted by Crippen LogP contribution is 2.41. The van der Waals surface area contributed by atoms with Crippen molar-refractivity contribution in [2.45, 2.75) is 37.9 Å². The van der Waals surface area contributed by atoms with Gasteiger partial charge in [-0.2, -0.15) is 15.1 Å². The number of phenols is 1. The number of halogens is 2. The van der Waals surface area contributed by atoms with Crippen LogP contribution in [0.4, 0.5) is 20.3 Å². The number of pyridine rings is 1. The number of benzene rings is 2. The van der Waals surface area contributed by atoms with Gasteiger partial charge in [0, 0.05) is 41.9 Å². The lowest BCUT2D eigenvalue weighted by Crippen LogP contribution is -2.43. The number of rotatable bonds is 7. The molecule has 49 heavy (non-hydrogen) atoms. The van der Waals surface area contributed by atoms with Gasteiger partial charge in [-0.05, 0) is 62.0 Å². The Balaban J connectivity index is 1.28. The Morgan fingerprint density at radius 2 is 2.04 bits per heavy atom. The summed E-state index contributed by atoms with van der Waals surface area (Å²) in [5.74, 6) is 1.76. The monoisotopic (exact) mass is 661 g/mol. The minimum atomic E-state index is -0.945. The van der Waals surface area contributed by atoms with Crippen molar-refractivity contribution in [2.75, 3.05) is 25.0 Å². The summed E-state index contributed by atoms with van der Waals surface area (Å²) in [5.41, 5.74) is 0.776. The number of fused-ring (bicyclic) bond motifs is 3. The van der Waals surface area contributed by atoms with E-state index in [9.17, 15) is 18.7 Å². The van der Waals surface area contributed by atoms with E-state index in [1.165, 1.54) is 24.3 Å². The molecule has 6 aromatic rings. The van der Waals surface area contributed by atoms with Gasteiger partial charge in [0.1, 0.15) is 35.5 Å². The van der Waals surface area contributed by atoms with Crippen LogP contribution in [0.1, 0.15) is 30.4 Å². The zero-order chi connectivity index (χ0) is 33.9. The van der Waals surface area contributed by atoms with E-state index in [1.807, 2.05) is 0 Å². The van der Waals surface area contributed by atoms with Gasteiger partial charge in [0.05, 0.1) is 40.4 Å². The molecule has 0 spiro atoms. The summed E-state index contributed by atoms with van der Waals surface area (Å²) < 4.78 is 43.2. The summed E-state index contributed by atoms with van der Waals surface area (Å²) in [5, 5.41) is 19.0. The van der Waals surface area contributed by atoms with E-state index in [-0.39, 0.29) is 52.0 Å². The summed E-state index contributed by atoms with van der Waals surface area (Å²) >= 11 is 0. The standard InChI is InChI=1S/C36H29F2N7O4/c1-3-26-28(38)6-5-21-13-25(46)14-27(29(21)26)32-20(2)31-30(34(47)49-32)33(41-23-16-40-45(18-23)24-7-10-39-11-8-24)43-35(42-31)48-19-36-9-4-12-44(36)17-22(37)15-36/h1,5-8,10-11,13-14,16,18,22,46H,4,9,12,15,17,19H2,2H3,(H,41,42,43)/t22-,36+/m1/s1. The number of ether oxygens (including phenoxy) is 1. The molecule has 2 aromatic carbocycles. The van der Waals surface area contributed by atoms with Crippen LogP contribution in [-0.4, -0.2) is 66.1 Å². The molecular weight excluding hydrogens is 632 g/mol. The summed E-state index contributed by atoms with van der Waals surface area (Å²) in [7, 11) is 0. The number of terminal acetylenes is 1. The fraction of sp³-hybridized carbons (Fsp3) is 0.250. The number of alkyl halides is 1. The Bertz CT molecular complexity index is 2370. The number of hydrogen-bond acceptors (Lipinski definition) is 10. The third kappa shape index (κ3) is 5.21. The van der Waals surface area contributed by atoms with Crippen molar-refractivity contribution < 1.29 is 23.0 Å². The Morgan fingerprint density at radius 1 is 1.20 bits per heavy atom. The second-order valence-electron chi connectivity index (χ2n) is 12.4. The number of aromatic hydroxyl groups is 1. The maximum absolute atomic E-state index is 14.9. The summed E-state index contributed by atoms with van der Waals surface area (Å²) in [4.78, 5) is 29.3. The van der Waals surface area contributed by atoms with Crippen LogP contribution in [0, 0.1) is 25.1 Å². The van der Waals surface area contributed by atoms with Crippen LogP contribution in [0.25, 0.3) is 38.7 Å². The van der Waals surface area contributed by atoms with Gasteiger partial charge in [0.2, 0.25) is 0 Å². The maximum atomic E-state index is 14.9. The average Bonchev–Trinajstić information content (AvgIpc) is 3.80. The maximum Gasteiger partial charge on any atom is 0.349 e. The van der Waals surface area contributed by atoms with E-state index >= 15 is 0 Å². The lowest BCUT2D eigenvalue weighted by molar-refractivity contribution is 0.107. The molecule has 0 amide bonds. The van der Waals surface area contributed by atoms with Crippen molar-refractivity contribution in [1.82, 2.24) is 29.6 Å². The highest BCUT2D eigenvalue weighted by atomic mass is 19.1. The zero-order valence-corrected chi connectivity index (χ0v) is 26.3.